The first kappa shape index (κ1) is 60.4. The van der Waals surface area contributed by atoms with Crippen LogP contribution in [-0.2, 0) is 28.6 Å². The van der Waals surface area contributed by atoms with Crippen molar-refractivity contribution in [2.24, 2.45) is 0 Å². The molecule has 0 heterocycles. The van der Waals surface area contributed by atoms with Gasteiger partial charge in [-0.25, -0.2) is 0 Å². The van der Waals surface area contributed by atoms with E-state index in [0.717, 1.165) is 64.2 Å². The average molecular weight is 883 g/mol. The molecular formula is C57H102O6. The van der Waals surface area contributed by atoms with E-state index < -0.39 is 6.10 Å². The predicted octanol–water partition coefficient (Wildman–Crippen LogP) is 17.9. The molecule has 0 spiro atoms. The van der Waals surface area contributed by atoms with Crippen LogP contribution in [0.25, 0.3) is 0 Å². The SMILES string of the molecule is CCCCC/C=C\C/C=C\C/C=C\CCCCC(=O)O[C@H](COC(=O)CCCCCCCCC/C=C\CCCCCCCC)COC(=O)CCCCCCCCCCCCCCC. The maximum atomic E-state index is 12.8. The van der Waals surface area contributed by atoms with E-state index in [1.807, 2.05) is 0 Å². The summed E-state index contributed by atoms with van der Waals surface area (Å²) < 4.78 is 16.8. The Morgan fingerprint density at radius 1 is 0.317 bits per heavy atom. The highest BCUT2D eigenvalue weighted by molar-refractivity contribution is 5.71. The summed E-state index contributed by atoms with van der Waals surface area (Å²) in [6.45, 7) is 6.59. The maximum Gasteiger partial charge on any atom is 0.306 e. The van der Waals surface area contributed by atoms with Crippen molar-refractivity contribution < 1.29 is 28.6 Å². The van der Waals surface area contributed by atoms with Crippen LogP contribution in [0, 0.1) is 0 Å². The van der Waals surface area contributed by atoms with Crippen molar-refractivity contribution in [1.82, 2.24) is 0 Å². The van der Waals surface area contributed by atoms with Crippen LogP contribution in [-0.4, -0.2) is 37.2 Å². The highest BCUT2D eigenvalue weighted by atomic mass is 16.6. The molecule has 0 aliphatic carbocycles. The first-order chi connectivity index (χ1) is 31.0. The van der Waals surface area contributed by atoms with Gasteiger partial charge in [-0.1, -0.05) is 223 Å². The summed E-state index contributed by atoms with van der Waals surface area (Å²) in [7, 11) is 0. The van der Waals surface area contributed by atoms with Gasteiger partial charge in [-0.15, -0.1) is 0 Å². The minimum Gasteiger partial charge on any atom is -0.462 e. The van der Waals surface area contributed by atoms with E-state index >= 15 is 0 Å². The van der Waals surface area contributed by atoms with Crippen molar-refractivity contribution in [2.75, 3.05) is 13.2 Å². The fraction of sp³-hybridized carbons (Fsp3) is 0.807. The molecule has 0 aliphatic rings. The number of allylic oxidation sites excluding steroid dienone is 8. The van der Waals surface area contributed by atoms with Gasteiger partial charge in [0.15, 0.2) is 6.10 Å². The van der Waals surface area contributed by atoms with Gasteiger partial charge in [-0.3, -0.25) is 14.4 Å². The topological polar surface area (TPSA) is 78.9 Å². The van der Waals surface area contributed by atoms with E-state index in [1.165, 1.54) is 167 Å². The molecule has 0 saturated heterocycles. The molecule has 6 nitrogen and oxygen atoms in total. The summed E-state index contributed by atoms with van der Waals surface area (Å²) in [6, 6.07) is 0. The second kappa shape index (κ2) is 52.0. The Labute approximate surface area is 390 Å². The molecule has 1 atom stereocenters. The maximum absolute atomic E-state index is 12.8. The fourth-order valence-corrected chi connectivity index (χ4v) is 7.68. The third-order valence-electron chi connectivity index (χ3n) is 11.8. The van der Waals surface area contributed by atoms with Crippen LogP contribution >= 0.6 is 0 Å². The largest absolute Gasteiger partial charge is 0.462 e. The van der Waals surface area contributed by atoms with Gasteiger partial charge < -0.3 is 14.2 Å². The number of hydrogen-bond acceptors (Lipinski definition) is 6. The molecule has 0 unspecified atom stereocenters. The van der Waals surface area contributed by atoms with Gasteiger partial charge in [0.2, 0.25) is 0 Å². The molecule has 0 aromatic carbocycles. The summed E-state index contributed by atoms with van der Waals surface area (Å²) in [5.74, 6) is -0.920. The van der Waals surface area contributed by atoms with Crippen molar-refractivity contribution in [3.05, 3.63) is 48.6 Å². The second-order valence-corrected chi connectivity index (χ2v) is 18.1. The van der Waals surface area contributed by atoms with Crippen LogP contribution < -0.4 is 0 Å². The van der Waals surface area contributed by atoms with E-state index in [-0.39, 0.29) is 37.5 Å². The number of ether oxygens (including phenoxy) is 3. The Balaban J connectivity index is 4.41. The summed E-state index contributed by atoms with van der Waals surface area (Å²) in [4.78, 5) is 38.0. The third kappa shape index (κ3) is 50.2. The fourth-order valence-electron chi connectivity index (χ4n) is 7.68. The lowest BCUT2D eigenvalue weighted by Gasteiger charge is -2.18. The summed E-state index contributed by atoms with van der Waals surface area (Å²) >= 11 is 0. The smallest absolute Gasteiger partial charge is 0.306 e. The molecule has 0 aliphatic heterocycles. The van der Waals surface area contributed by atoms with Crippen LogP contribution in [0.1, 0.15) is 278 Å². The zero-order valence-electron chi connectivity index (χ0n) is 41.8. The molecule has 0 aromatic rings. The summed E-state index contributed by atoms with van der Waals surface area (Å²) in [6.07, 6.45) is 62.4. The minimum atomic E-state index is -0.791. The van der Waals surface area contributed by atoms with E-state index in [2.05, 4.69) is 69.4 Å². The molecule has 0 radical (unpaired) electrons. The minimum absolute atomic E-state index is 0.0872. The predicted molar refractivity (Wildman–Crippen MR) is 270 cm³/mol. The number of unbranched alkanes of at least 4 members (excludes halogenated alkanes) is 30. The summed E-state index contributed by atoms with van der Waals surface area (Å²) in [5, 5.41) is 0. The van der Waals surface area contributed by atoms with Crippen molar-refractivity contribution in [3.63, 3.8) is 0 Å². The second-order valence-electron chi connectivity index (χ2n) is 18.1. The first-order valence-electron chi connectivity index (χ1n) is 27.1. The molecule has 0 rings (SSSR count). The molecule has 366 valence electrons. The number of esters is 3. The molecule has 0 fully saturated rings. The van der Waals surface area contributed by atoms with E-state index in [1.54, 1.807) is 0 Å². The van der Waals surface area contributed by atoms with Gasteiger partial charge in [0.25, 0.3) is 0 Å². The van der Waals surface area contributed by atoms with Crippen LogP contribution in [0.15, 0.2) is 48.6 Å². The van der Waals surface area contributed by atoms with Crippen LogP contribution in [0.4, 0.5) is 0 Å². The number of rotatable bonds is 49. The van der Waals surface area contributed by atoms with Crippen molar-refractivity contribution >= 4 is 17.9 Å². The molecular weight excluding hydrogens is 781 g/mol. The quantitative estimate of drug-likeness (QED) is 0.0262. The van der Waals surface area contributed by atoms with E-state index in [9.17, 15) is 14.4 Å². The molecule has 0 bridgehead atoms. The van der Waals surface area contributed by atoms with Gasteiger partial charge >= 0.3 is 17.9 Å². The van der Waals surface area contributed by atoms with Gasteiger partial charge in [0.05, 0.1) is 0 Å². The number of hydrogen-bond donors (Lipinski definition) is 0. The van der Waals surface area contributed by atoms with Crippen LogP contribution in [0.2, 0.25) is 0 Å². The Kier molecular flexibility index (Phi) is 49.8. The zero-order chi connectivity index (χ0) is 45.8. The van der Waals surface area contributed by atoms with Crippen LogP contribution in [0.3, 0.4) is 0 Å². The molecule has 6 heteroatoms. The monoisotopic (exact) mass is 883 g/mol. The Morgan fingerprint density at radius 2 is 0.571 bits per heavy atom. The van der Waals surface area contributed by atoms with E-state index in [4.69, 9.17) is 14.2 Å². The Bertz CT molecular complexity index is 1110. The Hall–Kier alpha value is -2.63. The van der Waals surface area contributed by atoms with Gasteiger partial charge in [0.1, 0.15) is 13.2 Å². The third-order valence-corrected chi connectivity index (χ3v) is 11.8. The average Bonchev–Trinajstić information content (AvgIpc) is 3.28. The van der Waals surface area contributed by atoms with Gasteiger partial charge in [-0.2, -0.15) is 0 Å². The van der Waals surface area contributed by atoms with Gasteiger partial charge in [-0.05, 0) is 83.5 Å². The first-order valence-corrected chi connectivity index (χ1v) is 27.1. The summed E-state index contributed by atoms with van der Waals surface area (Å²) in [5.41, 5.74) is 0. The lowest BCUT2D eigenvalue weighted by Crippen LogP contribution is -2.30. The number of carbonyl (C=O) groups excluding carboxylic acids is 3. The standard InChI is InChI=1S/C57H102O6/c1-4-7-10-13-16-19-22-25-27-28-30-32-35-38-41-44-47-50-56(59)62-53-54(52-61-55(58)49-46-43-40-37-34-31-24-21-18-15-12-9-6-3)63-57(60)51-48-45-42-39-36-33-29-26-23-20-17-14-11-8-5-2/h17,20,25-27,29,36,39,54H,4-16,18-19,21-24,28,30-35,37-38,40-53H2,1-3H3/b20-17-,27-25-,29-26-,39-36-/t54-/m0/s1. The highest BCUT2D eigenvalue weighted by Crippen LogP contribution is 2.15. The van der Waals surface area contributed by atoms with E-state index in [0.29, 0.717) is 19.3 Å². The highest BCUT2D eigenvalue weighted by Gasteiger charge is 2.19. The lowest BCUT2D eigenvalue weighted by atomic mass is 10.0. The molecule has 0 aromatic heterocycles. The molecule has 0 amide bonds. The van der Waals surface area contributed by atoms with Crippen LogP contribution in [0.5, 0.6) is 0 Å². The van der Waals surface area contributed by atoms with Crippen molar-refractivity contribution in [2.45, 2.75) is 284 Å². The molecule has 0 saturated carbocycles. The molecule has 0 N–H and O–H groups in total. The zero-order valence-corrected chi connectivity index (χ0v) is 41.8. The van der Waals surface area contributed by atoms with Crippen molar-refractivity contribution in [1.29, 1.82) is 0 Å². The number of carbonyl (C=O) groups is 3. The van der Waals surface area contributed by atoms with Gasteiger partial charge in [0, 0.05) is 19.3 Å². The molecule has 63 heavy (non-hydrogen) atoms. The lowest BCUT2D eigenvalue weighted by molar-refractivity contribution is -0.167. The van der Waals surface area contributed by atoms with Crippen molar-refractivity contribution in [3.8, 4) is 0 Å². The normalized spacial score (nSPS) is 12.4. The Morgan fingerprint density at radius 3 is 0.968 bits per heavy atom.